The van der Waals surface area contributed by atoms with Crippen LogP contribution in [-0.4, -0.2) is 25.5 Å². The van der Waals surface area contributed by atoms with E-state index in [1.807, 2.05) is 24.3 Å². The van der Waals surface area contributed by atoms with Gasteiger partial charge in [-0.25, -0.2) is 0 Å². The van der Waals surface area contributed by atoms with Crippen LogP contribution in [-0.2, 0) is 4.79 Å². The Hall–Kier alpha value is -3.00. The number of rotatable bonds is 6. The lowest BCUT2D eigenvalue weighted by molar-refractivity contribution is -0.115. The molecule has 0 aromatic heterocycles. The Labute approximate surface area is 148 Å². The molecule has 2 N–H and O–H groups in total. The molecule has 1 fully saturated rings. The second kappa shape index (κ2) is 8.20. The van der Waals surface area contributed by atoms with Gasteiger partial charge in [0.05, 0.1) is 11.6 Å². The molecule has 0 aliphatic carbocycles. The monoisotopic (exact) mass is 334 g/mol. The first kappa shape index (κ1) is 16.8. The molecular weight excluding hydrogens is 312 g/mol. The van der Waals surface area contributed by atoms with Gasteiger partial charge < -0.3 is 15.5 Å². The van der Waals surface area contributed by atoms with Crippen molar-refractivity contribution in [2.75, 3.05) is 35.2 Å². The maximum absolute atomic E-state index is 12.0. The van der Waals surface area contributed by atoms with Crippen LogP contribution in [0.3, 0.4) is 0 Å². The highest BCUT2D eigenvalue weighted by atomic mass is 16.1. The number of nitrogens with one attached hydrogen (secondary N) is 2. The summed E-state index contributed by atoms with van der Waals surface area (Å²) >= 11 is 0. The van der Waals surface area contributed by atoms with Crippen molar-refractivity contribution in [1.29, 1.82) is 5.26 Å². The van der Waals surface area contributed by atoms with Gasteiger partial charge in [-0.2, -0.15) is 5.26 Å². The third-order valence-electron chi connectivity index (χ3n) is 4.32. The van der Waals surface area contributed by atoms with E-state index in [1.54, 1.807) is 12.1 Å². The van der Waals surface area contributed by atoms with E-state index in [2.05, 4.69) is 33.7 Å². The van der Waals surface area contributed by atoms with Gasteiger partial charge in [-0.3, -0.25) is 4.79 Å². The standard InChI is InChI=1S/C20H22N4O/c21-15-16-3-5-17(6-4-16)22-12-11-20(25)23-18-7-9-19(10-8-18)24-13-1-2-14-24/h3-10,22H,1-2,11-14H2,(H,23,25). The molecule has 2 aromatic carbocycles. The number of carbonyl (C=O) groups is 1. The van der Waals surface area contributed by atoms with Crippen molar-refractivity contribution in [2.24, 2.45) is 0 Å². The molecular formula is C20H22N4O. The topological polar surface area (TPSA) is 68.2 Å². The summed E-state index contributed by atoms with van der Waals surface area (Å²) in [5.74, 6) is -0.0185. The summed E-state index contributed by atoms with van der Waals surface area (Å²) in [7, 11) is 0. The van der Waals surface area contributed by atoms with Gasteiger partial charge in [-0.1, -0.05) is 0 Å². The van der Waals surface area contributed by atoms with Crippen LogP contribution < -0.4 is 15.5 Å². The zero-order valence-corrected chi connectivity index (χ0v) is 14.2. The first-order valence-electron chi connectivity index (χ1n) is 8.63. The van der Waals surface area contributed by atoms with Crippen molar-refractivity contribution < 1.29 is 4.79 Å². The Morgan fingerprint density at radius 3 is 2.28 bits per heavy atom. The van der Waals surface area contributed by atoms with Gasteiger partial charge in [0.25, 0.3) is 0 Å². The fraction of sp³-hybridized carbons (Fsp3) is 0.300. The van der Waals surface area contributed by atoms with E-state index in [-0.39, 0.29) is 5.91 Å². The van der Waals surface area contributed by atoms with Crippen molar-refractivity contribution in [3.05, 3.63) is 54.1 Å². The Kier molecular flexibility index (Phi) is 5.53. The molecule has 128 valence electrons. The minimum absolute atomic E-state index is 0.0185. The molecule has 2 aromatic rings. The first-order chi connectivity index (χ1) is 12.2. The van der Waals surface area contributed by atoms with Crippen molar-refractivity contribution in [1.82, 2.24) is 0 Å². The summed E-state index contributed by atoms with van der Waals surface area (Å²) in [6.45, 7) is 2.78. The molecule has 0 saturated carbocycles. The number of carbonyl (C=O) groups excluding carboxylic acids is 1. The van der Waals surface area contributed by atoms with Gasteiger partial charge in [0.2, 0.25) is 5.91 Å². The minimum atomic E-state index is -0.0185. The number of nitrogens with zero attached hydrogens (tertiary/aromatic N) is 2. The van der Waals surface area contributed by atoms with Crippen LogP contribution >= 0.6 is 0 Å². The maximum atomic E-state index is 12.0. The summed E-state index contributed by atoms with van der Waals surface area (Å²) in [5.41, 5.74) is 3.58. The SMILES string of the molecule is N#Cc1ccc(NCCC(=O)Nc2ccc(N3CCCC3)cc2)cc1. The number of benzene rings is 2. The molecule has 5 nitrogen and oxygen atoms in total. The molecule has 1 amide bonds. The average Bonchev–Trinajstić information content (AvgIpc) is 3.18. The summed E-state index contributed by atoms with van der Waals surface area (Å²) in [6.07, 6.45) is 2.89. The summed E-state index contributed by atoms with van der Waals surface area (Å²) < 4.78 is 0. The predicted molar refractivity (Wildman–Crippen MR) is 101 cm³/mol. The quantitative estimate of drug-likeness (QED) is 0.847. The van der Waals surface area contributed by atoms with E-state index >= 15 is 0 Å². The fourth-order valence-electron chi connectivity index (χ4n) is 2.94. The number of hydrogen-bond acceptors (Lipinski definition) is 4. The molecule has 0 unspecified atom stereocenters. The molecule has 0 spiro atoms. The van der Waals surface area contributed by atoms with E-state index in [9.17, 15) is 4.79 Å². The van der Waals surface area contributed by atoms with Crippen LogP contribution in [0.4, 0.5) is 17.1 Å². The lowest BCUT2D eigenvalue weighted by Crippen LogP contribution is -2.18. The Bertz CT molecular complexity index is 741. The summed E-state index contributed by atoms with van der Waals surface area (Å²) in [6, 6.07) is 17.3. The van der Waals surface area contributed by atoms with E-state index in [4.69, 9.17) is 5.26 Å². The van der Waals surface area contributed by atoms with E-state index in [1.165, 1.54) is 18.5 Å². The van der Waals surface area contributed by atoms with Gasteiger partial charge in [-0.15, -0.1) is 0 Å². The van der Waals surface area contributed by atoms with Crippen LogP contribution in [0.5, 0.6) is 0 Å². The number of nitriles is 1. The fourth-order valence-corrected chi connectivity index (χ4v) is 2.94. The highest BCUT2D eigenvalue weighted by Gasteiger charge is 2.12. The normalized spacial score (nSPS) is 13.3. The molecule has 1 aliphatic rings. The Morgan fingerprint density at radius 2 is 1.64 bits per heavy atom. The van der Waals surface area contributed by atoms with E-state index in [0.717, 1.165) is 24.5 Å². The molecule has 1 saturated heterocycles. The largest absolute Gasteiger partial charge is 0.385 e. The molecule has 0 radical (unpaired) electrons. The predicted octanol–water partition coefficient (Wildman–Crippen LogP) is 3.60. The minimum Gasteiger partial charge on any atom is -0.385 e. The highest BCUT2D eigenvalue weighted by molar-refractivity contribution is 5.91. The summed E-state index contributed by atoms with van der Waals surface area (Å²) in [5, 5.41) is 14.9. The van der Waals surface area contributed by atoms with Crippen LogP contribution in [0.25, 0.3) is 0 Å². The van der Waals surface area contributed by atoms with Gasteiger partial charge in [-0.05, 0) is 61.4 Å². The molecule has 1 aliphatic heterocycles. The van der Waals surface area contributed by atoms with Crippen molar-refractivity contribution >= 4 is 23.0 Å². The van der Waals surface area contributed by atoms with Crippen molar-refractivity contribution in [2.45, 2.75) is 19.3 Å². The zero-order valence-electron chi connectivity index (χ0n) is 14.2. The summed E-state index contributed by atoms with van der Waals surface area (Å²) in [4.78, 5) is 14.4. The smallest absolute Gasteiger partial charge is 0.226 e. The van der Waals surface area contributed by atoms with Crippen LogP contribution in [0.15, 0.2) is 48.5 Å². The number of amides is 1. The molecule has 3 rings (SSSR count). The van der Waals surface area contributed by atoms with Crippen molar-refractivity contribution in [3.63, 3.8) is 0 Å². The highest BCUT2D eigenvalue weighted by Crippen LogP contribution is 2.22. The third-order valence-corrected chi connectivity index (χ3v) is 4.32. The average molecular weight is 334 g/mol. The Balaban J connectivity index is 1.43. The van der Waals surface area contributed by atoms with Crippen LogP contribution in [0.2, 0.25) is 0 Å². The molecule has 1 heterocycles. The third kappa shape index (κ3) is 4.74. The Morgan fingerprint density at radius 1 is 1.00 bits per heavy atom. The second-order valence-corrected chi connectivity index (χ2v) is 6.16. The molecule has 25 heavy (non-hydrogen) atoms. The van der Waals surface area contributed by atoms with E-state index in [0.29, 0.717) is 18.5 Å². The molecule has 0 bridgehead atoms. The zero-order chi connectivity index (χ0) is 17.5. The van der Waals surface area contributed by atoms with Gasteiger partial charge >= 0.3 is 0 Å². The van der Waals surface area contributed by atoms with Crippen molar-refractivity contribution in [3.8, 4) is 6.07 Å². The lowest BCUT2D eigenvalue weighted by Gasteiger charge is -2.17. The van der Waals surface area contributed by atoms with Gasteiger partial charge in [0, 0.05) is 43.1 Å². The maximum Gasteiger partial charge on any atom is 0.226 e. The molecule has 5 heteroatoms. The first-order valence-corrected chi connectivity index (χ1v) is 8.63. The number of hydrogen-bond donors (Lipinski definition) is 2. The van der Waals surface area contributed by atoms with E-state index < -0.39 is 0 Å². The second-order valence-electron chi connectivity index (χ2n) is 6.16. The van der Waals surface area contributed by atoms with Gasteiger partial charge in [0.15, 0.2) is 0 Å². The lowest BCUT2D eigenvalue weighted by atomic mass is 10.2. The van der Waals surface area contributed by atoms with Crippen LogP contribution in [0.1, 0.15) is 24.8 Å². The van der Waals surface area contributed by atoms with Crippen LogP contribution in [0, 0.1) is 11.3 Å². The number of anilines is 3. The molecule has 0 atom stereocenters. The van der Waals surface area contributed by atoms with Gasteiger partial charge in [0.1, 0.15) is 0 Å².